The van der Waals surface area contributed by atoms with Gasteiger partial charge in [0.15, 0.2) is 5.13 Å². The van der Waals surface area contributed by atoms with Crippen molar-refractivity contribution in [3.63, 3.8) is 0 Å². The molecule has 0 unspecified atom stereocenters. The maximum atomic E-state index is 12.6. The van der Waals surface area contributed by atoms with Crippen molar-refractivity contribution < 1.29 is 13.2 Å². The number of hydrogen-bond acceptors (Lipinski definition) is 5. The highest BCUT2D eigenvalue weighted by atomic mass is 32.2. The largest absolute Gasteiger partial charge is 0.326 e. The van der Waals surface area contributed by atoms with Gasteiger partial charge in [-0.05, 0) is 56.5 Å². The van der Waals surface area contributed by atoms with Crippen molar-refractivity contribution in [1.29, 1.82) is 0 Å². The van der Waals surface area contributed by atoms with E-state index in [2.05, 4.69) is 15.0 Å². The van der Waals surface area contributed by atoms with Crippen LogP contribution in [0.5, 0.6) is 0 Å². The van der Waals surface area contributed by atoms with Crippen LogP contribution in [0.4, 0.5) is 10.8 Å². The van der Waals surface area contributed by atoms with Crippen LogP contribution in [-0.4, -0.2) is 19.3 Å². The predicted molar refractivity (Wildman–Crippen MR) is 119 cm³/mol. The standard InChI is InChI=1S/C21H25N3O3S2/c1-5-15(6-2)20(25)22-16-11-14(4)19-18(12-16)28-21(23-19)24-29(26,27)17-9-7-13(3)8-10-17/h7-12,15H,5-6H2,1-4H3,(H,22,25)(H,23,24). The summed E-state index contributed by atoms with van der Waals surface area (Å²) in [4.78, 5) is 17.0. The number of carbonyl (C=O) groups is 1. The summed E-state index contributed by atoms with van der Waals surface area (Å²) in [6.07, 6.45) is 1.57. The average molecular weight is 432 g/mol. The molecule has 3 rings (SSSR count). The zero-order valence-electron chi connectivity index (χ0n) is 16.9. The molecule has 0 spiro atoms. The number of hydrogen-bond donors (Lipinski definition) is 2. The molecule has 1 aromatic heterocycles. The fourth-order valence-corrected chi connectivity index (χ4v) is 5.33. The monoisotopic (exact) mass is 431 g/mol. The normalized spacial score (nSPS) is 11.8. The first-order valence-corrected chi connectivity index (χ1v) is 11.8. The Morgan fingerprint density at radius 2 is 1.76 bits per heavy atom. The number of aromatic nitrogens is 1. The van der Waals surface area contributed by atoms with Gasteiger partial charge < -0.3 is 5.32 Å². The summed E-state index contributed by atoms with van der Waals surface area (Å²) >= 11 is 1.24. The van der Waals surface area contributed by atoms with E-state index in [1.54, 1.807) is 24.3 Å². The van der Waals surface area contributed by atoms with Gasteiger partial charge in [-0.2, -0.15) is 0 Å². The van der Waals surface area contributed by atoms with Crippen LogP contribution in [0, 0.1) is 19.8 Å². The number of nitrogens with one attached hydrogen (secondary N) is 2. The molecule has 2 N–H and O–H groups in total. The van der Waals surface area contributed by atoms with Gasteiger partial charge in [0, 0.05) is 11.6 Å². The molecule has 154 valence electrons. The first-order valence-electron chi connectivity index (χ1n) is 9.55. The smallest absolute Gasteiger partial charge is 0.263 e. The second kappa shape index (κ2) is 8.51. The van der Waals surface area contributed by atoms with Crippen LogP contribution in [0.25, 0.3) is 10.2 Å². The van der Waals surface area contributed by atoms with E-state index in [1.165, 1.54) is 11.3 Å². The summed E-state index contributed by atoms with van der Waals surface area (Å²) in [5.74, 6) is -0.0251. The second-order valence-corrected chi connectivity index (χ2v) is 9.79. The van der Waals surface area contributed by atoms with Gasteiger partial charge in [0.1, 0.15) is 0 Å². The maximum Gasteiger partial charge on any atom is 0.263 e. The molecule has 0 fully saturated rings. The number of thiazole rings is 1. The molecule has 0 aliphatic carbocycles. The fraction of sp³-hybridized carbons (Fsp3) is 0.333. The van der Waals surface area contributed by atoms with E-state index < -0.39 is 10.0 Å². The first-order chi connectivity index (χ1) is 13.7. The van der Waals surface area contributed by atoms with Crippen LogP contribution < -0.4 is 10.0 Å². The SMILES string of the molecule is CCC(CC)C(=O)Nc1cc(C)c2nc(NS(=O)(=O)c3ccc(C)cc3)sc2c1. The summed E-state index contributed by atoms with van der Waals surface area (Å²) in [6.45, 7) is 7.79. The quantitative estimate of drug-likeness (QED) is 0.545. The lowest BCUT2D eigenvalue weighted by Gasteiger charge is -2.13. The molecule has 8 heteroatoms. The van der Waals surface area contributed by atoms with Crippen LogP contribution in [0.3, 0.4) is 0 Å². The highest BCUT2D eigenvalue weighted by Crippen LogP contribution is 2.32. The summed E-state index contributed by atoms with van der Waals surface area (Å²) in [7, 11) is -3.71. The Labute approximate surface area is 175 Å². The molecular formula is C21H25N3O3S2. The summed E-state index contributed by atoms with van der Waals surface area (Å²) in [5.41, 5.74) is 3.28. The Kier molecular flexibility index (Phi) is 6.24. The molecule has 29 heavy (non-hydrogen) atoms. The molecule has 0 radical (unpaired) electrons. The van der Waals surface area contributed by atoms with Crippen molar-refractivity contribution in [2.24, 2.45) is 5.92 Å². The zero-order chi connectivity index (χ0) is 21.2. The van der Waals surface area contributed by atoms with E-state index in [4.69, 9.17) is 0 Å². The van der Waals surface area contributed by atoms with Crippen LogP contribution in [0.15, 0.2) is 41.3 Å². The highest BCUT2D eigenvalue weighted by Gasteiger charge is 2.18. The number of carbonyl (C=O) groups excluding carboxylic acids is 1. The number of benzene rings is 2. The molecule has 0 aliphatic heterocycles. The number of sulfonamides is 1. The number of nitrogens with zero attached hydrogens (tertiary/aromatic N) is 1. The van der Waals surface area contributed by atoms with Gasteiger partial charge in [0.05, 0.1) is 15.1 Å². The van der Waals surface area contributed by atoms with Crippen molar-refractivity contribution in [3.8, 4) is 0 Å². The maximum absolute atomic E-state index is 12.6. The van der Waals surface area contributed by atoms with Gasteiger partial charge in [-0.15, -0.1) is 0 Å². The number of anilines is 2. The number of aryl methyl sites for hydroxylation is 2. The van der Waals surface area contributed by atoms with Gasteiger partial charge in [-0.25, -0.2) is 13.4 Å². The van der Waals surface area contributed by atoms with E-state index in [1.807, 2.05) is 39.8 Å². The third-order valence-corrected chi connectivity index (χ3v) is 7.26. The minimum absolute atomic E-state index is 0.00133. The second-order valence-electron chi connectivity index (χ2n) is 7.08. The third-order valence-electron chi connectivity index (χ3n) is 4.86. The Morgan fingerprint density at radius 1 is 1.10 bits per heavy atom. The molecule has 3 aromatic rings. The number of fused-ring (bicyclic) bond motifs is 1. The minimum atomic E-state index is -3.71. The van der Waals surface area contributed by atoms with E-state index in [0.717, 1.165) is 34.2 Å². The molecule has 0 bridgehead atoms. The molecule has 2 aromatic carbocycles. The van der Waals surface area contributed by atoms with E-state index in [-0.39, 0.29) is 16.7 Å². The van der Waals surface area contributed by atoms with Gasteiger partial charge in [-0.3, -0.25) is 9.52 Å². The molecule has 0 saturated heterocycles. The Balaban J connectivity index is 1.87. The predicted octanol–water partition coefficient (Wildman–Crippen LogP) is 5.09. The topological polar surface area (TPSA) is 88.2 Å². The summed E-state index contributed by atoms with van der Waals surface area (Å²) in [5, 5.41) is 3.27. The molecule has 0 saturated carbocycles. The van der Waals surface area contributed by atoms with Crippen LogP contribution in [-0.2, 0) is 14.8 Å². The molecular weight excluding hydrogens is 406 g/mol. The summed E-state index contributed by atoms with van der Waals surface area (Å²) < 4.78 is 28.6. The molecule has 6 nitrogen and oxygen atoms in total. The van der Waals surface area contributed by atoms with Gasteiger partial charge in [-0.1, -0.05) is 42.9 Å². The lowest BCUT2D eigenvalue weighted by Crippen LogP contribution is -2.21. The molecule has 0 aliphatic rings. The number of amides is 1. The molecule has 0 atom stereocenters. The van der Waals surface area contributed by atoms with Crippen molar-refractivity contribution >= 4 is 48.3 Å². The zero-order valence-corrected chi connectivity index (χ0v) is 18.6. The van der Waals surface area contributed by atoms with Crippen molar-refractivity contribution in [2.45, 2.75) is 45.4 Å². The summed E-state index contributed by atoms with van der Waals surface area (Å²) in [6, 6.07) is 10.4. The van der Waals surface area contributed by atoms with Crippen molar-refractivity contribution in [3.05, 3.63) is 47.5 Å². The number of rotatable bonds is 7. The lowest BCUT2D eigenvalue weighted by atomic mass is 10.0. The van der Waals surface area contributed by atoms with Crippen LogP contribution in [0.1, 0.15) is 37.8 Å². The van der Waals surface area contributed by atoms with E-state index in [9.17, 15) is 13.2 Å². The lowest BCUT2D eigenvalue weighted by molar-refractivity contribution is -0.120. The Bertz CT molecular complexity index is 1130. The Morgan fingerprint density at radius 3 is 2.38 bits per heavy atom. The van der Waals surface area contributed by atoms with E-state index in [0.29, 0.717) is 10.8 Å². The van der Waals surface area contributed by atoms with Crippen LogP contribution >= 0.6 is 11.3 Å². The van der Waals surface area contributed by atoms with Crippen molar-refractivity contribution in [2.75, 3.05) is 10.0 Å². The van der Waals surface area contributed by atoms with Gasteiger partial charge in [0.2, 0.25) is 5.91 Å². The van der Waals surface area contributed by atoms with Gasteiger partial charge in [0.25, 0.3) is 10.0 Å². The van der Waals surface area contributed by atoms with E-state index >= 15 is 0 Å². The molecule has 1 amide bonds. The highest BCUT2D eigenvalue weighted by molar-refractivity contribution is 7.93. The van der Waals surface area contributed by atoms with Gasteiger partial charge >= 0.3 is 0 Å². The first kappa shape index (κ1) is 21.3. The Hall–Kier alpha value is -2.45. The van der Waals surface area contributed by atoms with Crippen LogP contribution in [0.2, 0.25) is 0 Å². The fourth-order valence-electron chi connectivity index (χ4n) is 3.11. The third kappa shape index (κ3) is 4.76. The minimum Gasteiger partial charge on any atom is -0.326 e. The van der Waals surface area contributed by atoms with Crippen molar-refractivity contribution in [1.82, 2.24) is 4.98 Å². The average Bonchev–Trinajstić information content (AvgIpc) is 3.05. The molecule has 1 heterocycles.